The molecule has 0 unspecified atom stereocenters. The van der Waals surface area contributed by atoms with E-state index < -0.39 is 0 Å². The number of furan rings is 1. The van der Waals surface area contributed by atoms with E-state index in [1.54, 1.807) is 0 Å². The van der Waals surface area contributed by atoms with Crippen molar-refractivity contribution in [3.8, 4) is 22.8 Å². The fourth-order valence-electron chi connectivity index (χ4n) is 5.78. The second-order valence-corrected chi connectivity index (χ2v) is 9.37. The summed E-state index contributed by atoms with van der Waals surface area (Å²) in [5.41, 5.74) is 8.60. The van der Waals surface area contributed by atoms with Crippen molar-refractivity contribution in [3.63, 3.8) is 0 Å². The third-order valence-corrected chi connectivity index (χ3v) is 7.38. The molecule has 1 saturated carbocycles. The van der Waals surface area contributed by atoms with Gasteiger partial charge in [0, 0.05) is 10.9 Å². The zero-order chi connectivity index (χ0) is 20.6. The van der Waals surface area contributed by atoms with Crippen molar-refractivity contribution in [1.29, 1.82) is 0 Å². The topological polar surface area (TPSA) is 26.2 Å². The van der Waals surface area contributed by atoms with Crippen molar-refractivity contribution < 1.29 is 13.7 Å². The molecule has 2 aromatic heterocycles. The molecule has 2 aliphatic rings. The van der Waals surface area contributed by atoms with Crippen molar-refractivity contribution in [2.75, 3.05) is 0 Å². The molecule has 3 heterocycles. The average Bonchev–Trinajstić information content (AvgIpc) is 3.40. The van der Waals surface area contributed by atoms with E-state index in [0.29, 0.717) is 0 Å². The van der Waals surface area contributed by atoms with Gasteiger partial charge in [-0.25, -0.2) is 0 Å². The third-order valence-electron chi connectivity index (χ3n) is 7.38. The lowest BCUT2D eigenvalue weighted by molar-refractivity contribution is -0.640. The molecule has 1 fully saturated rings. The first-order valence-electron chi connectivity index (χ1n) is 11.2. The summed E-state index contributed by atoms with van der Waals surface area (Å²) < 4.78 is 15.0. The van der Waals surface area contributed by atoms with Crippen molar-refractivity contribution in [2.45, 2.75) is 52.9 Å². The lowest BCUT2D eigenvalue weighted by Gasteiger charge is -2.25. The number of aryl methyl sites for hydroxylation is 3. The zero-order valence-electron chi connectivity index (χ0n) is 18.3. The number of rotatable bonds is 2. The molecule has 0 atom stereocenters. The molecule has 4 aromatic rings. The molecule has 1 aliphatic heterocycles. The summed E-state index contributed by atoms with van der Waals surface area (Å²) in [5, 5.41) is 3.68. The number of pyridine rings is 1. The molecule has 0 amide bonds. The maximum Gasteiger partial charge on any atom is 0.381 e. The molecule has 0 N–H and O–H groups in total. The van der Waals surface area contributed by atoms with Gasteiger partial charge in [0.1, 0.15) is 12.8 Å². The van der Waals surface area contributed by atoms with Crippen molar-refractivity contribution >= 4 is 21.9 Å². The van der Waals surface area contributed by atoms with Gasteiger partial charge in [0.2, 0.25) is 5.75 Å². The second kappa shape index (κ2) is 6.34. The minimum atomic E-state index is 0.737. The van der Waals surface area contributed by atoms with Gasteiger partial charge in [-0.1, -0.05) is 37.8 Å². The summed E-state index contributed by atoms with van der Waals surface area (Å²) in [7, 11) is 2.11. The Morgan fingerprint density at radius 3 is 2.67 bits per heavy atom. The predicted molar refractivity (Wildman–Crippen MR) is 120 cm³/mol. The Labute approximate surface area is 177 Å². The van der Waals surface area contributed by atoms with E-state index in [0.717, 1.165) is 35.2 Å². The van der Waals surface area contributed by atoms with Gasteiger partial charge in [-0.15, -0.1) is 0 Å². The fourth-order valence-corrected chi connectivity index (χ4v) is 5.78. The van der Waals surface area contributed by atoms with Gasteiger partial charge in [-0.05, 0) is 67.3 Å². The van der Waals surface area contributed by atoms with Crippen molar-refractivity contribution in [3.05, 3.63) is 52.8 Å². The highest BCUT2D eigenvalue weighted by Crippen LogP contribution is 2.51. The Hall–Kier alpha value is -2.81. The summed E-state index contributed by atoms with van der Waals surface area (Å²) >= 11 is 0. The van der Waals surface area contributed by atoms with Crippen LogP contribution < -0.4 is 9.30 Å². The summed E-state index contributed by atoms with van der Waals surface area (Å²) in [6.45, 7) is 6.61. The van der Waals surface area contributed by atoms with Crippen LogP contribution in [0.1, 0.15) is 47.9 Å². The van der Waals surface area contributed by atoms with E-state index >= 15 is 0 Å². The molecule has 6 rings (SSSR count). The predicted octanol–water partition coefficient (Wildman–Crippen LogP) is 6.84. The monoisotopic (exact) mass is 398 g/mol. The second-order valence-electron chi connectivity index (χ2n) is 9.37. The molecule has 0 saturated heterocycles. The number of ether oxygens (including phenoxy) is 1. The standard InChI is InChI=1S/C27H28NO2/c1-15-11-19-13-16(2)17(3)23-24(19)22(12-15)30-26-21(14-18-7-5-6-8-18)20-9-10-29-27(20)28(4)25(23)26/h9-13,18H,5-8,14H2,1-4H3/q+1. The Bertz CT molecular complexity index is 1340. The van der Waals surface area contributed by atoms with Gasteiger partial charge in [0.05, 0.1) is 17.2 Å². The minimum absolute atomic E-state index is 0.737. The Balaban J connectivity index is 1.74. The SMILES string of the molecule is Cc1cc2c3c(c(C)c(C)cc3c1)-c1c(c(CC3CCCC3)c3ccoc3[n+]1C)O2. The van der Waals surface area contributed by atoms with Crippen molar-refractivity contribution in [1.82, 2.24) is 0 Å². The number of aromatic nitrogens is 1. The fraction of sp³-hybridized carbons (Fsp3) is 0.370. The van der Waals surface area contributed by atoms with Crippen molar-refractivity contribution in [2.24, 2.45) is 13.0 Å². The normalized spacial score (nSPS) is 15.7. The number of fused-ring (bicyclic) bond motifs is 3. The van der Waals surface area contributed by atoms with E-state index in [2.05, 4.69) is 56.7 Å². The maximum absolute atomic E-state index is 6.76. The maximum atomic E-state index is 6.76. The third kappa shape index (κ3) is 2.41. The molecule has 0 radical (unpaired) electrons. The van der Waals surface area contributed by atoms with E-state index in [1.807, 2.05) is 6.26 Å². The van der Waals surface area contributed by atoms with Crippen LogP contribution in [-0.2, 0) is 13.5 Å². The summed E-state index contributed by atoms with van der Waals surface area (Å²) in [5.74, 6) is 2.76. The average molecular weight is 399 g/mol. The molecular weight excluding hydrogens is 370 g/mol. The largest absolute Gasteiger partial charge is 0.449 e. The van der Waals surface area contributed by atoms with Gasteiger partial charge >= 0.3 is 5.71 Å². The van der Waals surface area contributed by atoms with E-state index in [-0.39, 0.29) is 0 Å². The lowest BCUT2D eigenvalue weighted by Crippen LogP contribution is -2.34. The number of hydrogen-bond acceptors (Lipinski definition) is 2. The summed E-state index contributed by atoms with van der Waals surface area (Å²) in [4.78, 5) is 0. The van der Waals surface area contributed by atoms with Crippen LogP contribution in [0, 0.1) is 26.7 Å². The molecule has 30 heavy (non-hydrogen) atoms. The first-order chi connectivity index (χ1) is 14.5. The van der Waals surface area contributed by atoms with Crippen LogP contribution in [0.25, 0.3) is 33.1 Å². The molecule has 152 valence electrons. The van der Waals surface area contributed by atoms with Crippen LogP contribution in [0.2, 0.25) is 0 Å². The molecule has 2 aromatic carbocycles. The Morgan fingerprint density at radius 1 is 1.07 bits per heavy atom. The first-order valence-corrected chi connectivity index (χ1v) is 11.2. The molecule has 3 heteroatoms. The zero-order valence-corrected chi connectivity index (χ0v) is 18.3. The van der Waals surface area contributed by atoms with Gasteiger partial charge in [-0.2, -0.15) is 4.57 Å². The number of hydrogen-bond donors (Lipinski definition) is 0. The smallest absolute Gasteiger partial charge is 0.381 e. The molecule has 0 bridgehead atoms. The Morgan fingerprint density at radius 2 is 1.87 bits per heavy atom. The highest BCUT2D eigenvalue weighted by molar-refractivity contribution is 6.06. The lowest BCUT2D eigenvalue weighted by atomic mass is 9.87. The van der Waals surface area contributed by atoms with Crippen LogP contribution in [0.5, 0.6) is 11.5 Å². The minimum Gasteiger partial charge on any atom is -0.449 e. The van der Waals surface area contributed by atoms with E-state index in [9.17, 15) is 0 Å². The van der Waals surface area contributed by atoms with Crippen LogP contribution in [0.3, 0.4) is 0 Å². The number of benzene rings is 2. The quantitative estimate of drug-likeness (QED) is 0.304. The molecule has 3 nitrogen and oxygen atoms in total. The van der Waals surface area contributed by atoms with E-state index in [1.165, 1.54) is 69.7 Å². The highest BCUT2D eigenvalue weighted by atomic mass is 16.5. The molecular formula is C27H28NO2+. The van der Waals surface area contributed by atoms with E-state index in [4.69, 9.17) is 9.15 Å². The summed E-state index contributed by atoms with van der Waals surface area (Å²) in [6.07, 6.45) is 8.22. The van der Waals surface area contributed by atoms with Crippen LogP contribution >= 0.6 is 0 Å². The number of nitrogens with zero attached hydrogens (tertiary/aromatic N) is 1. The highest BCUT2D eigenvalue weighted by Gasteiger charge is 2.36. The van der Waals surface area contributed by atoms with Crippen LogP contribution in [0.15, 0.2) is 34.9 Å². The molecule has 1 aliphatic carbocycles. The summed E-state index contributed by atoms with van der Waals surface area (Å²) in [6, 6.07) is 8.88. The molecule has 0 spiro atoms. The van der Waals surface area contributed by atoms with Gasteiger partial charge in [0.15, 0.2) is 0 Å². The Kier molecular flexibility index (Phi) is 3.80. The van der Waals surface area contributed by atoms with Gasteiger partial charge < -0.3 is 9.15 Å². The first kappa shape index (κ1) is 18.0. The van der Waals surface area contributed by atoms with Crippen LogP contribution in [-0.4, -0.2) is 0 Å². The van der Waals surface area contributed by atoms with Crippen LogP contribution in [0.4, 0.5) is 0 Å². The van der Waals surface area contributed by atoms with Gasteiger partial charge in [0.25, 0.3) is 5.69 Å². The van der Waals surface area contributed by atoms with Gasteiger partial charge in [-0.3, -0.25) is 0 Å².